The molecule has 0 spiro atoms. The molecule has 0 atom stereocenters. The Kier molecular flexibility index (Phi) is 8.71. The van der Waals surface area contributed by atoms with E-state index in [4.69, 9.17) is 11.6 Å². The summed E-state index contributed by atoms with van der Waals surface area (Å²) < 4.78 is 42.7. The number of alkyl halides is 3. The van der Waals surface area contributed by atoms with Crippen molar-refractivity contribution in [1.82, 2.24) is 20.1 Å². The van der Waals surface area contributed by atoms with Gasteiger partial charge in [-0.15, -0.1) is 10.2 Å². The molecule has 3 aromatic carbocycles. The highest BCUT2D eigenvalue weighted by Crippen LogP contribution is 2.33. The summed E-state index contributed by atoms with van der Waals surface area (Å²) in [5.74, 6) is -0.476. The predicted molar refractivity (Wildman–Crippen MR) is 155 cm³/mol. The normalized spacial score (nSPS) is 13.1. The van der Waals surface area contributed by atoms with Gasteiger partial charge in [-0.1, -0.05) is 63.6 Å². The Bertz CT molecular complexity index is 1610. The Labute approximate surface area is 251 Å². The molecule has 1 aliphatic heterocycles. The lowest BCUT2D eigenvalue weighted by molar-refractivity contribution is -0.137. The third kappa shape index (κ3) is 6.60. The highest BCUT2D eigenvalue weighted by atomic mass is 79.9. The van der Waals surface area contributed by atoms with Crippen molar-refractivity contribution in [3.63, 3.8) is 0 Å². The van der Waals surface area contributed by atoms with Crippen LogP contribution in [0.15, 0.2) is 76.4 Å². The molecule has 4 aromatic rings. The van der Waals surface area contributed by atoms with Gasteiger partial charge >= 0.3 is 6.18 Å². The summed E-state index contributed by atoms with van der Waals surface area (Å²) in [7, 11) is 0. The zero-order valence-electron chi connectivity index (χ0n) is 21.3. The fraction of sp³-hybridized carbons (Fsp3) is 0.214. The molecule has 0 saturated carbocycles. The van der Waals surface area contributed by atoms with Gasteiger partial charge in [0.1, 0.15) is 0 Å². The molecule has 0 aliphatic carbocycles. The number of thioether (sulfide) groups is 1. The fourth-order valence-corrected chi connectivity index (χ4v) is 5.92. The minimum Gasteiger partial charge on any atom is -0.345 e. The lowest BCUT2D eigenvalue weighted by atomic mass is 10.0. The summed E-state index contributed by atoms with van der Waals surface area (Å²) in [6.45, 7) is 0.422. The second kappa shape index (κ2) is 12.3. The Morgan fingerprint density at radius 3 is 2.66 bits per heavy atom. The van der Waals surface area contributed by atoms with E-state index in [2.05, 4.69) is 31.4 Å². The number of aromatic nitrogens is 3. The van der Waals surface area contributed by atoms with Gasteiger partial charge < -0.3 is 10.2 Å². The minimum absolute atomic E-state index is 0.00849. The molecule has 1 N–H and O–H groups in total. The van der Waals surface area contributed by atoms with Crippen molar-refractivity contribution in [3.8, 4) is 5.69 Å². The standard InChI is InChI=1S/C28H22BrClF3N5O2S/c29-19-10-11-22(30)21(14-19)26(40)34-15-24-35-36-27(38(24)20-8-3-7-18(13-20)28(31,32)33)41-16-25(39)37-12-4-6-17-5-1-2-9-23(17)37/h1-3,5,7-11,13-14H,4,6,12,15-16H2,(H,34,40). The molecular formula is C28H22BrClF3N5O2S. The number of hydrogen-bond acceptors (Lipinski definition) is 5. The Hall–Kier alpha value is -3.35. The molecule has 5 rings (SSSR count). The number of carbonyl (C=O) groups is 2. The van der Waals surface area contributed by atoms with Gasteiger partial charge in [0.15, 0.2) is 11.0 Å². The number of hydrogen-bond donors (Lipinski definition) is 1. The van der Waals surface area contributed by atoms with Gasteiger partial charge in [-0.2, -0.15) is 13.2 Å². The van der Waals surface area contributed by atoms with E-state index in [9.17, 15) is 22.8 Å². The molecule has 0 saturated heterocycles. The first kappa shape index (κ1) is 29.2. The van der Waals surface area contributed by atoms with Crippen molar-refractivity contribution in [2.45, 2.75) is 30.7 Å². The van der Waals surface area contributed by atoms with Gasteiger partial charge in [-0.3, -0.25) is 14.2 Å². The van der Waals surface area contributed by atoms with E-state index in [0.29, 0.717) is 11.0 Å². The predicted octanol–water partition coefficient (Wildman–Crippen LogP) is 6.70. The summed E-state index contributed by atoms with van der Waals surface area (Å²) in [6.07, 6.45) is -2.85. The lowest BCUT2D eigenvalue weighted by Crippen LogP contribution is -2.36. The molecule has 41 heavy (non-hydrogen) atoms. The van der Waals surface area contributed by atoms with Crippen molar-refractivity contribution < 1.29 is 22.8 Å². The Morgan fingerprint density at radius 2 is 1.85 bits per heavy atom. The van der Waals surface area contributed by atoms with Gasteiger partial charge in [-0.25, -0.2) is 0 Å². The Balaban J connectivity index is 1.41. The summed E-state index contributed by atoms with van der Waals surface area (Å²) in [6, 6.07) is 17.2. The lowest BCUT2D eigenvalue weighted by Gasteiger charge is -2.29. The number of para-hydroxylation sites is 1. The molecule has 0 bridgehead atoms. The molecule has 2 amide bonds. The summed E-state index contributed by atoms with van der Waals surface area (Å²) >= 11 is 10.5. The number of nitrogens with one attached hydrogen (secondary N) is 1. The highest BCUT2D eigenvalue weighted by Gasteiger charge is 2.31. The van der Waals surface area contributed by atoms with Gasteiger partial charge in [0.25, 0.3) is 5.91 Å². The van der Waals surface area contributed by atoms with Gasteiger partial charge in [0.2, 0.25) is 5.91 Å². The third-order valence-electron chi connectivity index (χ3n) is 6.45. The first-order valence-corrected chi connectivity index (χ1v) is 14.6. The number of amides is 2. The maximum absolute atomic E-state index is 13.5. The van der Waals surface area contributed by atoms with E-state index in [0.717, 1.165) is 48.0 Å². The number of halogens is 5. The number of nitrogens with zero attached hydrogens (tertiary/aromatic N) is 4. The smallest absolute Gasteiger partial charge is 0.345 e. The number of anilines is 1. The maximum atomic E-state index is 13.5. The van der Waals surface area contributed by atoms with Crippen LogP contribution in [0.4, 0.5) is 18.9 Å². The van der Waals surface area contributed by atoms with Crippen LogP contribution in [-0.4, -0.2) is 38.9 Å². The first-order valence-electron chi connectivity index (χ1n) is 12.5. The zero-order chi connectivity index (χ0) is 29.1. The Morgan fingerprint density at radius 1 is 1.05 bits per heavy atom. The highest BCUT2D eigenvalue weighted by molar-refractivity contribution is 9.10. The molecule has 0 fully saturated rings. The van der Waals surface area contributed by atoms with E-state index >= 15 is 0 Å². The van der Waals surface area contributed by atoms with Crippen LogP contribution < -0.4 is 10.2 Å². The molecule has 1 aliphatic rings. The molecule has 0 radical (unpaired) electrons. The summed E-state index contributed by atoms with van der Waals surface area (Å²) in [5, 5.41) is 11.5. The molecule has 13 heteroatoms. The average Bonchev–Trinajstić information content (AvgIpc) is 3.38. The van der Waals surface area contributed by atoms with Crippen molar-refractivity contribution in [1.29, 1.82) is 0 Å². The molecular weight excluding hydrogens is 643 g/mol. The monoisotopic (exact) mass is 663 g/mol. The van der Waals surface area contributed by atoms with Crippen LogP contribution in [0.5, 0.6) is 0 Å². The second-order valence-electron chi connectivity index (χ2n) is 9.16. The topological polar surface area (TPSA) is 80.1 Å². The third-order valence-corrected chi connectivity index (χ3v) is 8.18. The number of fused-ring (bicyclic) bond motifs is 1. The molecule has 1 aromatic heterocycles. The van der Waals surface area contributed by atoms with E-state index in [1.54, 1.807) is 23.1 Å². The second-order valence-corrected chi connectivity index (χ2v) is 11.4. The van der Waals surface area contributed by atoms with Crippen LogP contribution in [-0.2, 0) is 23.9 Å². The van der Waals surface area contributed by atoms with Crippen molar-refractivity contribution in [2.75, 3.05) is 17.2 Å². The summed E-state index contributed by atoms with van der Waals surface area (Å²) in [5.41, 5.74) is 1.46. The van der Waals surface area contributed by atoms with Crippen LogP contribution in [0.1, 0.15) is 33.7 Å². The minimum atomic E-state index is -4.57. The molecule has 2 heterocycles. The van der Waals surface area contributed by atoms with E-state index < -0.39 is 17.6 Å². The van der Waals surface area contributed by atoms with Crippen LogP contribution in [0.2, 0.25) is 5.02 Å². The van der Waals surface area contributed by atoms with Gasteiger partial charge in [0.05, 0.1) is 34.1 Å². The van der Waals surface area contributed by atoms with Crippen LogP contribution in [0.3, 0.4) is 0 Å². The number of rotatable bonds is 7. The van der Waals surface area contributed by atoms with Crippen LogP contribution in [0, 0.1) is 0 Å². The SMILES string of the molecule is O=C(NCc1nnc(SCC(=O)N2CCCc3ccccc32)n1-c1cccc(C(F)(F)F)c1)c1cc(Br)ccc1Cl. The summed E-state index contributed by atoms with van der Waals surface area (Å²) in [4.78, 5) is 27.8. The van der Waals surface area contributed by atoms with Crippen LogP contribution in [0.25, 0.3) is 5.69 Å². The van der Waals surface area contributed by atoms with Crippen molar-refractivity contribution in [3.05, 3.63) is 98.7 Å². The number of aryl methyl sites for hydroxylation is 1. The van der Waals surface area contributed by atoms with Crippen molar-refractivity contribution >= 4 is 56.8 Å². The van der Waals surface area contributed by atoms with Gasteiger partial charge in [0, 0.05) is 16.7 Å². The van der Waals surface area contributed by atoms with E-state index in [1.165, 1.54) is 16.7 Å². The van der Waals surface area contributed by atoms with E-state index in [-0.39, 0.29) is 45.5 Å². The molecule has 0 unspecified atom stereocenters. The fourth-order valence-electron chi connectivity index (χ4n) is 4.51. The first-order chi connectivity index (χ1) is 19.6. The molecule has 212 valence electrons. The largest absolute Gasteiger partial charge is 0.416 e. The van der Waals surface area contributed by atoms with Crippen LogP contribution >= 0.6 is 39.3 Å². The number of benzene rings is 3. The average molecular weight is 665 g/mol. The van der Waals surface area contributed by atoms with Crippen molar-refractivity contribution in [2.24, 2.45) is 0 Å². The quantitative estimate of drug-likeness (QED) is 0.223. The zero-order valence-corrected chi connectivity index (χ0v) is 24.4. The van der Waals surface area contributed by atoms with E-state index in [1.807, 2.05) is 24.3 Å². The van der Waals surface area contributed by atoms with Gasteiger partial charge in [-0.05, 0) is 60.9 Å². The molecule has 7 nitrogen and oxygen atoms in total. The maximum Gasteiger partial charge on any atom is 0.416 e. The number of carbonyl (C=O) groups excluding carboxylic acids is 2.